The SMILES string of the molecule is CCCc1[nH]nc(C(F)(F)F)c1[N+](=O)[O-]. The van der Waals surface area contributed by atoms with Gasteiger partial charge in [-0.3, -0.25) is 15.2 Å². The van der Waals surface area contributed by atoms with Crippen LogP contribution in [0.2, 0.25) is 0 Å². The minimum absolute atomic E-state index is 0.0881. The van der Waals surface area contributed by atoms with Crippen molar-refractivity contribution in [2.75, 3.05) is 0 Å². The highest BCUT2D eigenvalue weighted by Crippen LogP contribution is 2.36. The van der Waals surface area contributed by atoms with Crippen LogP contribution >= 0.6 is 0 Å². The zero-order valence-electron chi connectivity index (χ0n) is 7.76. The molecule has 0 saturated carbocycles. The first-order valence-corrected chi connectivity index (χ1v) is 4.16. The number of nitrogens with one attached hydrogen (secondary N) is 1. The number of aromatic nitrogens is 2. The van der Waals surface area contributed by atoms with E-state index in [9.17, 15) is 23.3 Å². The van der Waals surface area contributed by atoms with Crippen LogP contribution < -0.4 is 0 Å². The first-order chi connectivity index (χ1) is 6.88. The van der Waals surface area contributed by atoms with Crippen molar-refractivity contribution < 1.29 is 18.1 Å². The third-order valence-electron chi connectivity index (χ3n) is 1.76. The molecule has 0 radical (unpaired) electrons. The van der Waals surface area contributed by atoms with Crippen LogP contribution in [0.25, 0.3) is 0 Å². The van der Waals surface area contributed by atoms with Crippen LogP contribution in [-0.2, 0) is 12.6 Å². The minimum atomic E-state index is -4.80. The second-order valence-corrected chi connectivity index (χ2v) is 2.90. The van der Waals surface area contributed by atoms with Crippen LogP contribution in [0.15, 0.2) is 0 Å². The summed E-state index contributed by atoms with van der Waals surface area (Å²) in [5.41, 5.74) is -2.52. The summed E-state index contributed by atoms with van der Waals surface area (Å²) in [7, 11) is 0. The summed E-state index contributed by atoms with van der Waals surface area (Å²) in [6.45, 7) is 1.71. The molecule has 1 aromatic heterocycles. The number of aromatic amines is 1. The Labute approximate surface area is 82.4 Å². The summed E-state index contributed by atoms with van der Waals surface area (Å²) in [6.07, 6.45) is -4.13. The van der Waals surface area contributed by atoms with Gasteiger partial charge < -0.3 is 0 Å². The zero-order chi connectivity index (χ0) is 11.6. The first-order valence-electron chi connectivity index (χ1n) is 4.16. The van der Waals surface area contributed by atoms with E-state index in [1.54, 1.807) is 6.92 Å². The lowest BCUT2D eigenvalue weighted by Crippen LogP contribution is -2.09. The topological polar surface area (TPSA) is 71.8 Å². The molecule has 8 heteroatoms. The molecule has 0 aliphatic heterocycles. The third kappa shape index (κ3) is 2.25. The van der Waals surface area contributed by atoms with E-state index in [1.165, 1.54) is 0 Å². The van der Waals surface area contributed by atoms with E-state index in [-0.39, 0.29) is 12.1 Å². The van der Waals surface area contributed by atoms with Gasteiger partial charge in [0.2, 0.25) is 5.69 Å². The molecule has 15 heavy (non-hydrogen) atoms. The third-order valence-corrected chi connectivity index (χ3v) is 1.76. The Morgan fingerprint density at radius 2 is 2.13 bits per heavy atom. The maximum absolute atomic E-state index is 12.3. The summed E-state index contributed by atoms with van der Waals surface area (Å²) >= 11 is 0. The van der Waals surface area contributed by atoms with Gasteiger partial charge in [0, 0.05) is 0 Å². The van der Waals surface area contributed by atoms with Crippen LogP contribution in [0, 0.1) is 10.1 Å². The van der Waals surface area contributed by atoms with Gasteiger partial charge >= 0.3 is 11.9 Å². The van der Waals surface area contributed by atoms with Gasteiger partial charge in [0.25, 0.3) is 0 Å². The van der Waals surface area contributed by atoms with Gasteiger partial charge in [-0.15, -0.1) is 0 Å². The van der Waals surface area contributed by atoms with Crippen molar-refractivity contribution in [3.05, 3.63) is 21.5 Å². The second kappa shape index (κ2) is 3.87. The molecule has 1 N–H and O–H groups in total. The summed E-state index contributed by atoms with van der Waals surface area (Å²) in [5.74, 6) is 0. The second-order valence-electron chi connectivity index (χ2n) is 2.90. The molecule has 0 unspecified atom stereocenters. The predicted octanol–water partition coefficient (Wildman–Crippen LogP) is 2.29. The normalized spacial score (nSPS) is 11.7. The van der Waals surface area contributed by atoms with E-state index in [1.807, 2.05) is 0 Å². The Morgan fingerprint density at radius 1 is 1.53 bits per heavy atom. The van der Waals surface area contributed by atoms with Gasteiger partial charge in [0.15, 0.2) is 0 Å². The fourth-order valence-electron chi connectivity index (χ4n) is 1.19. The Bertz CT molecular complexity index is 372. The minimum Gasteiger partial charge on any atom is -0.275 e. The average Bonchev–Trinajstić information content (AvgIpc) is 2.47. The van der Waals surface area contributed by atoms with Gasteiger partial charge in [-0.05, 0) is 6.42 Å². The van der Waals surface area contributed by atoms with Gasteiger partial charge in [-0.2, -0.15) is 18.3 Å². The van der Waals surface area contributed by atoms with Gasteiger partial charge in [-0.1, -0.05) is 13.3 Å². The van der Waals surface area contributed by atoms with Gasteiger partial charge in [0.1, 0.15) is 5.69 Å². The molecule has 0 saturated heterocycles. The van der Waals surface area contributed by atoms with Crippen LogP contribution in [0.4, 0.5) is 18.9 Å². The molecular formula is C7H8F3N3O2. The van der Waals surface area contributed by atoms with Crippen molar-refractivity contribution in [3.8, 4) is 0 Å². The highest BCUT2D eigenvalue weighted by atomic mass is 19.4. The Kier molecular flexibility index (Phi) is 2.96. The number of rotatable bonds is 3. The maximum atomic E-state index is 12.3. The van der Waals surface area contributed by atoms with Crippen LogP contribution in [0.3, 0.4) is 0 Å². The summed E-state index contributed by atoms with van der Waals surface area (Å²) in [6, 6.07) is 0. The molecule has 1 rings (SSSR count). The van der Waals surface area contributed by atoms with Gasteiger partial charge in [0.05, 0.1) is 4.92 Å². The van der Waals surface area contributed by atoms with Crippen molar-refractivity contribution in [1.29, 1.82) is 0 Å². The van der Waals surface area contributed by atoms with E-state index in [0.717, 1.165) is 0 Å². The lowest BCUT2D eigenvalue weighted by Gasteiger charge is -2.00. The molecule has 0 aliphatic rings. The molecule has 0 aliphatic carbocycles. The summed E-state index contributed by atoms with van der Waals surface area (Å²) < 4.78 is 36.8. The smallest absolute Gasteiger partial charge is 0.275 e. The number of nitro groups is 1. The maximum Gasteiger partial charge on any atom is 0.442 e. The van der Waals surface area contributed by atoms with Crippen molar-refractivity contribution in [2.24, 2.45) is 0 Å². The number of alkyl halides is 3. The molecule has 0 spiro atoms. The van der Waals surface area contributed by atoms with E-state index >= 15 is 0 Å². The molecule has 0 atom stereocenters. The highest BCUT2D eigenvalue weighted by molar-refractivity contribution is 5.42. The number of hydrogen-bond acceptors (Lipinski definition) is 3. The van der Waals surface area contributed by atoms with Crippen LogP contribution in [-0.4, -0.2) is 15.1 Å². The molecule has 5 nitrogen and oxygen atoms in total. The first kappa shape index (κ1) is 11.5. The van der Waals surface area contributed by atoms with E-state index in [0.29, 0.717) is 6.42 Å². The van der Waals surface area contributed by atoms with Crippen molar-refractivity contribution in [2.45, 2.75) is 25.9 Å². The number of H-pyrrole nitrogens is 1. The number of nitrogens with zero attached hydrogens (tertiary/aromatic N) is 2. The van der Waals surface area contributed by atoms with E-state index < -0.39 is 22.5 Å². The number of aryl methyl sites for hydroxylation is 1. The largest absolute Gasteiger partial charge is 0.442 e. The van der Waals surface area contributed by atoms with Crippen molar-refractivity contribution in [3.63, 3.8) is 0 Å². The lowest BCUT2D eigenvalue weighted by atomic mass is 10.2. The Hall–Kier alpha value is -1.60. The van der Waals surface area contributed by atoms with Crippen molar-refractivity contribution in [1.82, 2.24) is 10.2 Å². The summed E-state index contributed by atoms with van der Waals surface area (Å²) in [5, 5.41) is 15.5. The Balaban J connectivity index is 3.24. The fourth-order valence-corrected chi connectivity index (χ4v) is 1.19. The fraction of sp³-hybridized carbons (Fsp3) is 0.571. The molecule has 0 aromatic carbocycles. The standard InChI is InChI=1S/C7H8F3N3O2/c1-2-3-4-5(13(14)15)6(12-11-4)7(8,9)10/h2-3H2,1H3,(H,11,12). The molecule has 84 valence electrons. The van der Waals surface area contributed by atoms with Crippen LogP contribution in [0.5, 0.6) is 0 Å². The number of hydrogen-bond donors (Lipinski definition) is 1. The molecule has 1 heterocycles. The molecule has 0 amide bonds. The highest BCUT2D eigenvalue weighted by Gasteiger charge is 2.43. The average molecular weight is 223 g/mol. The van der Waals surface area contributed by atoms with E-state index in [4.69, 9.17) is 0 Å². The van der Waals surface area contributed by atoms with Crippen LogP contribution in [0.1, 0.15) is 24.7 Å². The van der Waals surface area contributed by atoms with Crippen molar-refractivity contribution >= 4 is 5.69 Å². The molecular weight excluding hydrogens is 215 g/mol. The monoisotopic (exact) mass is 223 g/mol. The quantitative estimate of drug-likeness (QED) is 0.631. The molecule has 0 bridgehead atoms. The lowest BCUT2D eigenvalue weighted by molar-refractivity contribution is -0.388. The predicted molar refractivity (Wildman–Crippen MR) is 44.2 cm³/mol. The number of halogens is 3. The Morgan fingerprint density at radius 3 is 2.53 bits per heavy atom. The zero-order valence-corrected chi connectivity index (χ0v) is 7.76. The molecule has 1 aromatic rings. The van der Waals surface area contributed by atoms with E-state index in [2.05, 4.69) is 10.2 Å². The van der Waals surface area contributed by atoms with Gasteiger partial charge in [-0.25, -0.2) is 0 Å². The summed E-state index contributed by atoms with van der Waals surface area (Å²) in [4.78, 5) is 9.41. The molecule has 0 fully saturated rings.